The molecule has 0 aliphatic rings. The van der Waals surface area contributed by atoms with Crippen LogP contribution in [0.2, 0.25) is 0 Å². The Labute approximate surface area is 143 Å². The van der Waals surface area contributed by atoms with Crippen LogP contribution in [0.3, 0.4) is 0 Å². The van der Waals surface area contributed by atoms with E-state index in [1.54, 1.807) is 17.7 Å². The summed E-state index contributed by atoms with van der Waals surface area (Å²) >= 11 is 1.41. The van der Waals surface area contributed by atoms with Crippen molar-refractivity contribution >= 4 is 22.7 Å². The Bertz CT molecular complexity index is 953. The van der Waals surface area contributed by atoms with E-state index in [1.165, 1.54) is 16.4 Å². The van der Waals surface area contributed by atoms with Crippen LogP contribution in [-0.4, -0.2) is 24.4 Å². The number of rotatable bonds is 3. The molecule has 0 aliphatic carbocycles. The van der Waals surface area contributed by atoms with Crippen molar-refractivity contribution in [3.8, 4) is 0 Å². The van der Waals surface area contributed by atoms with Gasteiger partial charge < -0.3 is 5.84 Å². The maximum absolute atomic E-state index is 12.4. The van der Waals surface area contributed by atoms with E-state index in [0.717, 1.165) is 0 Å². The Morgan fingerprint density at radius 2 is 1.92 bits per heavy atom. The van der Waals surface area contributed by atoms with Crippen molar-refractivity contribution < 1.29 is 0 Å². The average Bonchev–Trinajstić information content (AvgIpc) is 2.90. The van der Waals surface area contributed by atoms with Crippen molar-refractivity contribution in [3.63, 3.8) is 0 Å². The first-order valence-electron chi connectivity index (χ1n) is 7.57. The summed E-state index contributed by atoms with van der Waals surface area (Å²) in [6, 6.07) is 7.34. The molecule has 7 nitrogen and oxygen atoms in total. The third kappa shape index (κ3) is 2.89. The molecule has 0 saturated carbocycles. The van der Waals surface area contributed by atoms with Crippen molar-refractivity contribution in [1.29, 1.82) is 0 Å². The molecule has 2 heterocycles. The quantitative estimate of drug-likeness (QED) is 0.576. The number of nitrogen functional groups attached to an aromatic ring is 1. The van der Waals surface area contributed by atoms with Gasteiger partial charge >= 0.3 is 0 Å². The van der Waals surface area contributed by atoms with Gasteiger partial charge in [0.1, 0.15) is 5.82 Å². The zero-order valence-electron chi connectivity index (χ0n) is 14.1. The summed E-state index contributed by atoms with van der Waals surface area (Å²) in [4.78, 5) is 17.0. The molecule has 0 saturated heterocycles. The molecule has 0 atom stereocenters. The SMILES string of the molecule is Cn1c(CSc2nnc(C(C)(C)C)n2N)nc2ccccc2c1=O. The van der Waals surface area contributed by atoms with E-state index in [0.29, 0.717) is 33.5 Å². The molecule has 0 radical (unpaired) electrons. The van der Waals surface area contributed by atoms with E-state index in [-0.39, 0.29) is 11.0 Å². The number of hydrogen-bond donors (Lipinski definition) is 1. The highest BCUT2D eigenvalue weighted by atomic mass is 32.2. The zero-order valence-corrected chi connectivity index (χ0v) is 15.0. The van der Waals surface area contributed by atoms with Crippen LogP contribution in [0.15, 0.2) is 34.2 Å². The summed E-state index contributed by atoms with van der Waals surface area (Å²) in [5, 5.41) is 9.53. The fourth-order valence-corrected chi connectivity index (χ4v) is 3.25. The molecule has 0 spiro atoms. The van der Waals surface area contributed by atoms with Crippen LogP contribution >= 0.6 is 11.8 Å². The standard InChI is InChI=1S/C16H20N6OS/c1-16(2,3)14-19-20-15(22(14)17)24-9-12-18-11-8-6-5-7-10(11)13(23)21(12)4/h5-8H,9,17H2,1-4H3. The summed E-state index contributed by atoms with van der Waals surface area (Å²) in [5.41, 5.74) is 0.454. The number of fused-ring (bicyclic) bond motifs is 1. The van der Waals surface area contributed by atoms with Gasteiger partial charge in [-0.25, -0.2) is 9.66 Å². The lowest BCUT2D eigenvalue weighted by Gasteiger charge is -2.16. The molecule has 0 bridgehead atoms. The predicted molar refractivity (Wildman–Crippen MR) is 95.4 cm³/mol. The van der Waals surface area contributed by atoms with E-state index in [1.807, 2.05) is 39.0 Å². The molecular formula is C16H20N6OS. The summed E-state index contributed by atoms with van der Waals surface area (Å²) < 4.78 is 3.07. The monoisotopic (exact) mass is 344 g/mol. The Morgan fingerprint density at radius 1 is 1.21 bits per heavy atom. The van der Waals surface area contributed by atoms with Gasteiger partial charge in [0, 0.05) is 12.5 Å². The molecular weight excluding hydrogens is 324 g/mol. The second kappa shape index (κ2) is 5.94. The van der Waals surface area contributed by atoms with Gasteiger partial charge in [0.25, 0.3) is 5.56 Å². The number of para-hydroxylation sites is 1. The summed E-state index contributed by atoms with van der Waals surface area (Å²) in [6.45, 7) is 6.09. The number of nitrogens with zero attached hydrogens (tertiary/aromatic N) is 5. The minimum atomic E-state index is -0.186. The van der Waals surface area contributed by atoms with Crippen LogP contribution in [0, 0.1) is 0 Å². The summed E-state index contributed by atoms with van der Waals surface area (Å²) in [7, 11) is 1.73. The molecule has 0 aliphatic heterocycles. The highest BCUT2D eigenvalue weighted by molar-refractivity contribution is 7.98. The molecule has 2 aromatic heterocycles. The Morgan fingerprint density at radius 3 is 2.58 bits per heavy atom. The van der Waals surface area contributed by atoms with E-state index in [9.17, 15) is 4.79 Å². The van der Waals surface area contributed by atoms with E-state index < -0.39 is 0 Å². The predicted octanol–water partition coefficient (Wildman–Crippen LogP) is 1.83. The van der Waals surface area contributed by atoms with Gasteiger partial charge in [0.15, 0.2) is 5.82 Å². The molecule has 24 heavy (non-hydrogen) atoms. The third-order valence-electron chi connectivity index (χ3n) is 3.74. The largest absolute Gasteiger partial charge is 0.336 e. The van der Waals surface area contributed by atoms with Crippen LogP contribution in [0.4, 0.5) is 0 Å². The van der Waals surface area contributed by atoms with Crippen LogP contribution in [0.5, 0.6) is 0 Å². The van der Waals surface area contributed by atoms with Gasteiger partial charge in [-0.05, 0) is 12.1 Å². The molecule has 3 rings (SSSR count). The second-order valence-electron chi connectivity index (χ2n) is 6.62. The second-order valence-corrected chi connectivity index (χ2v) is 7.57. The summed E-state index contributed by atoms with van der Waals surface area (Å²) in [5.74, 6) is 7.96. The maximum Gasteiger partial charge on any atom is 0.261 e. The summed E-state index contributed by atoms with van der Waals surface area (Å²) in [6.07, 6.45) is 0. The first kappa shape index (κ1) is 16.5. The molecule has 0 amide bonds. The van der Waals surface area contributed by atoms with Crippen molar-refractivity contribution in [2.45, 2.75) is 37.1 Å². The van der Waals surface area contributed by atoms with Crippen molar-refractivity contribution in [2.75, 3.05) is 5.84 Å². The Hall–Kier alpha value is -2.35. The minimum Gasteiger partial charge on any atom is -0.336 e. The van der Waals surface area contributed by atoms with E-state index >= 15 is 0 Å². The van der Waals surface area contributed by atoms with Gasteiger partial charge in [0.2, 0.25) is 5.16 Å². The van der Waals surface area contributed by atoms with Gasteiger partial charge in [-0.1, -0.05) is 44.7 Å². The van der Waals surface area contributed by atoms with E-state index in [4.69, 9.17) is 5.84 Å². The normalized spacial score (nSPS) is 12.0. The number of benzene rings is 1. The molecule has 3 aromatic rings. The lowest BCUT2D eigenvalue weighted by molar-refractivity contribution is 0.523. The topological polar surface area (TPSA) is 91.6 Å². The minimum absolute atomic E-state index is 0.0548. The molecule has 8 heteroatoms. The lowest BCUT2D eigenvalue weighted by atomic mass is 9.96. The number of thioether (sulfide) groups is 1. The maximum atomic E-state index is 12.4. The molecule has 1 aromatic carbocycles. The lowest BCUT2D eigenvalue weighted by Crippen LogP contribution is -2.24. The average molecular weight is 344 g/mol. The molecule has 2 N–H and O–H groups in total. The van der Waals surface area contributed by atoms with Crippen LogP contribution < -0.4 is 11.4 Å². The molecule has 0 fully saturated rings. The highest BCUT2D eigenvalue weighted by Crippen LogP contribution is 2.25. The molecule has 126 valence electrons. The van der Waals surface area contributed by atoms with Gasteiger partial charge in [-0.15, -0.1) is 10.2 Å². The first-order valence-corrected chi connectivity index (χ1v) is 8.56. The van der Waals surface area contributed by atoms with Gasteiger partial charge in [0.05, 0.1) is 16.7 Å². The number of nitrogens with two attached hydrogens (primary N) is 1. The van der Waals surface area contributed by atoms with Crippen LogP contribution in [-0.2, 0) is 18.2 Å². The van der Waals surface area contributed by atoms with Crippen molar-refractivity contribution in [3.05, 3.63) is 46.3 Å². The molecule has 0 unspecified atom stereocenters. The highest BCUT2D eigenvalue weighted by Gasteiger charge is 2.23. The van der Waals surface area contributed by atoms with Crippen LogP contribution in [0.1, 0.15) is 32.4 Å². The van der Waals surface area contributed by atoms with Gasteiger partial charge in [-0.3, -0.25) is 9.36 Å². The third-order valence-corrected chi connectivity index (χ3v) is 4.68. The van der Waals surface area contributed by atoms with Gasteiger partial charge in [-0.2, -0.15) is 0 Å². The van der Waals surface area contributed by atoms with Crippen molar-refractivity contribution in [2.24, 2.45) is 7.05 Å². The fraction of sp³-hybridized carbons (Fsp3) is 0.375. The zero-order chi connectivity index (χ0) is 17.5. The Balaban J connectivity index is 1.91. The Kier molecular flexibility index (Phi) is 4.08. The number of aromatic nitrogens is 5. The van der Waals surface area contributed by atoms with E-state index in [2.05, 4.69) is 15.2 Å². The van der Waals surface area contributed by atoms with Crippen molar-refractivity contribution in [1.82, 2.24) is 24.4 Å². The van der Waals surface area contributed by atoms with Crippen LogP contribution in [0.25, 0.3) is 10.9 Å². The smallest absolute Gasteiger partial charge is 0.261 e. The number of hydrogen-bond acceptors (Lipinski definition) is 6. The fourth-order valence-electron chi connectivity index (χ4n) is 2.41. The first-order chi connectivity index (χ1) is 11.3.